The number of benzene rings is 1. The van der Waals surface area contributed by atoms with Crippen LogP contribution in [0.3, 0.4) is 0 Å². The van der Waals surface area contributed by atoms with Gasteiger partial charge in [-0.25, -0.2) is 0 Å². The van der Waals surface area contributed by atoms with Crippen LogP contribution < -0.4 is 5.32 Å². The third kappa shape index (κ3) is 2.76. The lowest BCUT2D eigenvalue weighted by Crippen LogP contribution is -2.42. The molecule has 114 valence electrons. The molecule has 2 heterocycles. The summed E-state index contributed by atoms with van der Waals surface area (Å²) in [7, 11) is 0. The maximum absolute atomic E-state index is 11.3. The number of thiocarbonyl (C=S) groups is 1. The van der Waals surface area contributed by atoms with E-state index in [9.17, 15) is 4.79 Å². The van der Waals surface area contributed by atoms with Crippen molar-refractivity contribution >= 4 is 28.8 Å². The topological polar surface area (TPSA) is 37.3 Å². The van der Waals surface area contributed by atoms with Gasteiger partial charge in [0, 0.05) is 36.2 Å². The van der Waals surface area contributed by atoms with Crippen LogP contribution in [0.1, 0.15) is 35.9 Å². The van der Waals surface area contributed by atoms with Crippen molar-refractivity contribution in [2.75, 3.05) is 11.9 Å². The molecule has 0 radical (unpaired) electrons. The Morgan fingerprint density at radius 3 is 2.64 bits per heavy atom. The van der Waals surface area contributed by atoms with Crippen molar-refractivity contribution in [3.63, 3.8) is 0 Å². The molecule has 0 unspecified atom stereocenters. The predicted molar refractivity (Wildman–Crippen MR) is 92.2 cm³/mol. The monoisotopic (exact) mass is 313 g/mol. The quantitative estimate of drug-likeness (QED) is 0.680. The van der Waals surface area contributed by atoms with Gasteiger partial charge in [-0.1, -0.05) is 0 Å². The first-order valence-corrected chi connectivity index (χ1v) is 7.81. The zero-order chi connectivity index (χ0) is 15.7. The van der Waals surface area contributed by atoms with Crippen molar-refractivity contribution in [1.82, 2.24) is 9.47 Å². The van der Waals surface area contributed by atoms with E-state index in [1.54, 1.807) is 6.92 Å². The molecule has 5 heteroatoms. The summed E-state index contributed by atoms with van der Waals surface area (Å²) in [4.78, 5) is 13.5. The van der Waals surface area contributed by atoms with Gasteiger partial charge < -0.3 is 14.8 Å². The molecule has 1 aromatic heterocycles. The summed E-state index contributed by atoms with van der Waals surface area (Å²) in [5.41, 5.74) is 2.89. The Labute approximate surface area is 135 Å². The molecule has 0 aliphatic carbocycles. The summed E-state index contributed by atoms with van der Waals surface area (Å²) in [6.45, 7) is 5.56. The van der Waals surface area contributed by atoms with Crippen LogP contribution >= 0.6 is 12.2 Å². The average Bonchev–Trinajstić information content (AvgIpc) is 2.97. The fraction of sp³-hybridized carbons (Fsp3) is 0.294. The number of rotatable bonds is 2. The van der Waals surface area contributed by atoms with Crippen LogP contribution in [0.4, 0.5) is 5.69 Å². The van der Waals surface area contributed by atoms with Gasteiger partial charge in [-0.05, 0) is 62.5 Å². The Hall–Kier alpha value is -2.14. The van der Waals surface area contributed by atoms with Crippen molar-refractivity contribution in [2.45, 2.75) is 26.4 Å². The van der Waals surface area contributed by atoms with Crippen molar-refractivity contribution in [1.29, 1.82) is 0 Å². The number of Topliss-reactive ketones (excluding diaryl/α,β-unsaturated/α-hetero) is 1. The maximum atomic E-state index is 11.3. The molecule has 0 saturated carbocycles. The van der Waals surface area contributed by atoms with E-state index < -0.39 is 0 Å². The molecule has 4 nitrogen and oxygen atoms in total. The highest BCUT2D eigenvalue weighted by Crippen LogP contribution is 2.26. The van der Waals surface area contributed by atoms with E-state index in [1.165, 1.54) is 5.69 Å². The molecule has 1 N–H and O–H groups in total. The number of anilines is 1. The number of hydrogen-bond donors (Lipinski definition) is 1. The number of fused-ring (bicyclic) bond motifs is 1. The minimum absolute atomic E-state index is 0.0690. The van der Waals surface area contributed by atoms with Gasteiger partial charge in [0.05, 0.1) is 6.04 Å². The van der Waals surface area contributed by atoms with Gasteiger partial charge in [-0.15, -0.1) is 0 Å². The molecule has 1 aromatic carbocycles. The van der Waals surface area contributed by atoms with Crippen molar-refractivity contribution in [3.05, 3.63) is 53.9 Å². The molecule has 0 fully saturated rings. The summed E-state index contributed by atoms with van der Waals surface area (Å²) >= 11 is 5.56. The number of carbonyl (C=O) groups is 1. The first kappa shape index (κ1) is 14.8. The van der Waals surface area contributed by atoms with Crippen LogP contribution in [0.5, 0.6) is 0 Å². The van der Waals surface area contributed by atoms with E-state index in [-0.39, 0.29) is 11.8 Å². The Kier molecular flexibility index (Phi) is 3.98. The average molecular weight is 313 g/mol. The fourth-order valence-electron chi connectivity index (χ4n) is 2.84. The Bertz CT molecular complexity index is 705. The molecule has 0 bridgehead atoms. The number of hydrogen-bond acceptors (Lipinski definition) is 2. The van der Waals surface area contributed by atoms with Crippen LogP contribution in [-0.2, 0) is 6.54 Å². The first-order valence-electron chi connectivity index (χ1n) is 7.40. The van der Waals surface area contributed by atoms with Crippen molar-refractivity contribution in [3.8, 4) is 0 Å². The third-order valence-electron chi connectivity index (χ3n) is 4.15. The third-order valence-corrected chi connectivity index (χ3v) is 4.48. The van der Waals surface area contributed by atoms with Gasteiger partial charge in [-0.3, -0.25) is 4.79 Å². The number of carbonyl (C=O) groups excluding carboxylic acids is 1. The van der Waals surface area contributed by atoms with Gasteiger partial charge in [0.2, 0.25) is 0 Å². The van der Waals surface area contributed by atoms with E-state index in [1.807, 2.05) is 24.3 Å². The molecule has 0 saturated heterocycles. The molecule has 2 aromatic rings. The molecular weight excluding hydrogens is 294 g/mol. The zero-order valence-electron chi connectivity index (χ0n) is 12.7. The van der Waals surface area contributed by atoms with Crippen molar-refractivity contribution in [2.24, 2.45) is 0 Å². The van der Waals surface area contributed by atoms with E-state index >= 15 is 0 Å². The van der Waals surface area contributed by atoms with Crippen LogP contribution in [0, 0.1) is 0 Å². The molecule has 3 rings (SSSR count). The Balaban J connectivity index is 1.71. The highest BCUT2D eigenvalue weighted by molar-refractivity contribution is 7.80. The summed E-state index contributed by atoms with van der Waals surface area (Å²) in [5, 5.41) is 3.99. The lowest BCUT2D eigenvalue weighted by Gasteiger charge is -2.36. The van der Waals surface area contributed by atoms with Gasteiger partial charge in [0.1, 0.15) is 0 Å². The molecule has 0 spiro atoms. The second-order valence-corrected chi connectivity index (χ2v) is 5.95. The molecule has 1 atom stereocenters. The second-order valence-electron chi connectivity index (χ2n) is 5.56. The van der Waals surface area contributed by atoms with Crippen LogP contribution in [0.15, 0.2) is 42.6 Å². The van der Waals surface area contributed by atoms with E-state index in [0.717, 1.165) is 23.9 Å². The number of aromatic nitrogens is 1. The molecule has 1 aliphatic heterocycles. The van der Waals surface area contributed by atoms with Gasteiger partial charge in [0.15, 0.2) is 10.9 Å². The largest absolute Gasteiger partial charge is 0.348 e. The summed E-state index contributed by atoms with van der Waals surface area (Å²) < 4.78 is 2.27. The smallest absolute Gasteiger partial charge is 0.174 e. The predicted octanol–water partition coefficient (Wildman–Crippen LogP) is 3.46. The number of nitrogens with one attached hydrogen (secondary N) is 1. The number of nitrogens with zero attached hydrogens (tertiary/aromatic N) is 2. The Morgan fingerprint density at radius 1 is 1.23 bits per heavy atom. The van der Waals surface area contributed by atoms with E-state index in [4.69, 9.17) is 12.2 Å². The van der Waals surface area contributed by atoms with Crippen molar-refractivity contribution < 1.29 is 4.79 Å². The van der Waals surface area contributed by atoms with Crippen LogP contribution in [0.2, 0.25) is 0 Å². The van der Waals surface area contributed by atoms with Gasteiger partial charge in [0.25, 0.3) is 0 Å². The summed E-state index contributed by atoms with van der Waals surface area (Å²) in [5.74, 6) is 0.0690. The summed E-state index contributed by atoms with van der Waals surface area (Å²) in [6.07, 6.45) is 2.11. The highest BCUT2D eigenvalue weighted by atomic mass is 32.1. The van der Waals surface area contributed by atoms with Crippen LogP contribution in [0.25, 0.3) is 0 Å². The first-order chi connectivity index (χ1) is 10.6. The number of ketones is 1. The minimum Gasteiger partial charge on any atom is -0.348 e. The molecular formula is C17H19N3OS. The molecule has 1 aliphatic rings. The fourth-order valence-corrected chi connectivity index (χ4v) is 3.21. The molecule has 0 amide bonds. The SMILES string of the molecule is CC(=O)c1ccc(NC(=S)N2CCn3cccc3[C@H]2C)cc1. The van der Waals surface area contributed by atoms with Gasteiger partial charge in [-0.2, -0.15) is 0 Å². The van der Waals surface area contributed by atoms with E-state index in [2.05, 4.69) is 40.0 Å². The zero-order valence-corrected chi connectivity index (χ0v) is 13.6. The lowest BCUT2D eigenvalue weighted by molar-refractivity contribution is 0.101. The minimum atomic E-state index is 0.0690. The summed E-state index contributed by atoms with van der Waals surface area (Å²) in [6, 6.07) is 11.9. The van der Waals surface area contributed by atoms with Gasteiger partial charge >= 0.3 is 0 Å². The second kappa shape index (κ2) is 5.93. The Morgan fingerprint density at radius 2 is 1.95 bits per heavy atom. The standard InChI is InChI=1S/C17H19N3OS/c1-12-16-4-3-9-19(16)10-11-20(12)17(22)18-15-7-5-14(6-8-15)13(2)21/h3-9,12H,10-11H2,1-2H3,(H,18,22)/t12-/m1/s1. The van der Waals surface area contributed by atoms with Crippen LogP contribution in [-0.4, -0.2) is 26.9 Å². The normalized spacial score (nSPS) is 17.0. The molecule has 22 heavy (non-hydrogen) atoms. The van der Waals surface area contributed by atoms with E-state index in [0.29, 0.717) is 5.56 Å². The lowest BCUT2D eigenvalue weighted by atomic mass is 10.1. The highest BCUT2D eigenvalue weighted by Gasteiger charge is 2.25. The maximum Gasteiger partial charge on any atom is 0.174 e.